The summed E-state index contributed by atoms with van der Waals surface area (Å²) in [6, 6.07) is 6.57. The molecule has 84 valence electrons. The summed E-state index contributed by atoms with van der Waals surface area (Å²) in [4.78, 5) is 6.33. The van der Waals surface area contributed by atoms with Crippen LogP contribution >= 0.6 is 0 Å². The van der Waals surface area contributed by atoms with Crippen molar-refractivity contribution in [3.05, 3.63) is 29.6 Å². The average Bonchev–Trinajstić information content (AvgIpc) is 3.12. The van der Waals surface area contributed by atoms with Crippen molar-refractivity contribution in [3.8, 4) is 6.07 Å². The van der Waals surface area contributed by atoms with E-state index in [1.165, 1.54) is 18.4 Å². The minimum atomic E-state index is 0.505. The summed E-state index contributed by atoms with van der Waals surface area (Å²) in [5.74, 6) is 0.877. The van der Waals surface area contributed by atoms with E-state index in [1.54, 1.807) is 6.20 Å². The van der Waals surface area contributed by atoms with Crippen LogP contribution in [0.4, 0.5) is 0 Å². The molecule has 3 nitrogen and oxygen atoms in total. The van der Waals surface area contributed by atoms with E-state index in [1.807, 2.05) is 12.1 Å². The highest BCUT2D eigenvalue weighted by Crippen LogP contribution is 2.35. The van der Waals surface area contributed by atoms with Gasteiger partial charge in [0.25, 0.3) is 0 Å². The number of hydrogen-bond donors (Lipinski definition) is 0. The topological polar surface area (TPSA) is 39.9 Å². The van der Waals surface area contributed by atoms with Crippen molar-refractivity contribution in [1.29, 1.82) is 5.26 Å². The molecule has 0 N–H and O–H groups in total. The zero-order valence-corrected chi connectivity index (χ0v) is 9.85. The zero-order valence-electron chi connectivity index (χ0n) is 9.85. The van der Waals surface area contributed by atoms with Gasteiger partial charge in [-0.2, -0.15) is 5.26 Å². The largest absolute Gasteiger partial charge is 0.299 e. The number of rotatable bonds is 4. The molecular weight excluding hydrogens is 198 g/mol. The van der Waals surface area contributed by atoms with Crippen LogP contribution in [0.15, 0.2) is 18.3 Å². The first-order valence-electron chi connectivity index (χ1n) is 5.76. The Balaban J connectivity index is 1.99. The van der Waals surface area contributed by atoms with Gasteiger partial charge in [-0.05, 0) is 50.4 Å². The van der Waals surface area contributed by atoms with E-state index in [4.69, 9.17) is 5.26 Å². The molecule has 1 aliphatic rings. The van der Waals surface area contributed by atoms with Crippen molar-refractivity contribution < 1.29 is 0 Å². The fourth-order valence-corrected chi connectivity index (χ4v) is 2.00. The Labute approximate surface area is 96.7 Å². The first-order valence-corrected chi connectivity index (χ1v) is 5.76. The Morgan fingerprint density at radius 2 is 2.38 bits per heavy atom. The van der Waals surface area contributed by atoms with Crippen LogP contribution in [0.3, 0.4) is 0 Å². The lowest BCUT2D eigenvalue weighted by Gasteiger charge is -2.24. The summed E-state index contributed by atoms with van der Waals surface area (Å²) in [6.07, 6.45) is 4.44. The van der Waals surface area contributed by atoms with Gasteiger partial charge in [-0.1, -0.05) is 0 Å². The molecule has 1 aromatic heterocycles. The standard InChI is InChI=1S/C13H17N3/c1-10(12-3-4-12)16(2)9-11-5-6-15-13(7-11)8-14/h5-7,10,12H,3-4,9H2,1-2H3. The summed E-state index contributed by atoms with van der Waals surface area (Å²) in [7, 11) is 2.15. The van der Waals surface area contributed by atoms with Crippen LogP contribution in [0.5, 0.6) is 0 Å². The van der Waals surface area contributed by atoms with Crippen molar-refractivity contribution in [2.75, 3.05) is 7.05 Å². The maximum Gasteiger partial charge on any atom is 0.140 e. The van der Waals surface area contributed by atoms with E-state index in [9.17, 15) is 0 Å². The lowest BCUT2D eigenvalue weighted by atomic mass is 10.1. The molecule has 3 heteroatoms. The van der Waals surface area contributed by atoms with Gasteiger partial charge in [-0.15, -0.1) is 0 Å². The normalized spacial score (nSPS) is 17.1. The second-order valence-corrected chi connectivity index (χ2v) is 4.65. The molecule has 1 saturated carbocycles. The van der Waals surface area contributed by atoms with Gasteiger partial charge in [-0.25, -0.2) is 4.98 Å². The number of aromatic nitrogens is 1. The van der Waals surface area contributed by atoms with Gasteiger partial charge < -0.3 is 0 Å². The smallest absolute Gasteiger partial charge is 0.140 e. The molecule has 2 rings (SSSR count). The Morgan fingerprint density at radius 1 is 1.62 bits per heavy atom. The minimum Gasteiger partial charge on any atom is -0.299 e. The molecule has 1 atom stereocenters. The molecular formula is C13H17N3. The molecule has 1 unspecified atom stereocenters. The van der Waals surface area contributed by atoms with E-state index in [2.05, 4.69) is 29.9 Å². The van der Waals surface area contributed by atoms with Gasteiger partial charge in [0.15, 0.2) is 0 Å². The van der Waals surface area contributed by atoms with Crippen molar-refractivity contribution in [2.24, 2.45) is 5.92 Å². The molecule has 0 spiro atoms. The van der Waals surface area contributed by atoms with Crippen LogP contribution < -0.4 is 0 Å². The third-order valence-electron chi connectivity index (χ3n) is 3.37. The predicted molar refractivity (Wildman–Crippen MR) is 62.6 cm³/mol. The molecule has 1 aromatic rings. The fraction of sp³-hybridized carbons (Fsp3) is 0.538. The lowest BCUT2D eigenvalue weighted by Crippen LogP contribution is -2.30. The lowest BCUT2D eigenvalue weighted by molar-refractivity contribution is 0.226. The number of hydrogen-bond acceptors (Lipinski definition) is 3. The van der Waals surface area contributed by atoms with Gasteiger partial charge in [0.1, 0.15) is 11.8 Å². The first-order chi connectivity index (χ1) is 7.70. The van der Waals surface area contributed by atoms with Gasteiger partial charge in [0.2, 0.25) is 0 Å². The first kappa shape index (κ1) is 11.1. The molecule has 16 heavy (non-hydrogen) atoms. The predicted octanol–water partition coefficient (Wildman–Crippen LogP) is 2.18. The van der Waals surface area contributed by atoms with Gasteiger partial charge in [-0.3, -0.25) is 4.90 Å². The molecule has 0 radical (unpaired) electrons. The van der Waals surface area contributed by atoms with Crippen LogP contribution in [0.1, 0.15) is 31.0 Å². The van der Waals surface area contributed by atoms with Crippen molar-refractivity contribution in [3.63, 3.8) is 0 Å². The molecule has 1 fully saturated rings. The minimum absolute atomic E-state index is 0.505. The summed E-state index contributed by atoms with van der Waals surface area (Å²) in [5, 5.41) is 8.78. The molecule has 1 heterocycles. The van der Waals surface area contributed by atoms with E-state index in [0.717, 1.165) is 12.5 Å². The molecule has 0 aromatic carbocycles. The zero-order chi connectivity index (χ0) is 11.5. The van der Waals surface area contributed by atoms with E-state index >= 15 is 0 Å². The average molecular weight is 215 g/mol. The maximum atomic E-state index is 8.78. The summed E-state index contributed by atoms with van der Waals surface area (Å²) < 4.78 is 0. The SMILES string of the molecule is CC(C1CC1)N(C)Cc1ccnc(C#N)c1. The van der Waals surface area contributed by atoms with Crippen LogP contribution in [0.2, 0.25) is 0 Å². The van der Waals surface area contributed by atoms with Crippen molar-refractivity contribution in [1.82, 2.24) is 9.88 Å². The van der Waals surface area contributed by atoms with Crippen LogP contribution in [0.25, 0.3) is 0 Å². The summed E-state index contributed by atoms with van der Waals surface area (Å²) in [6.45, 7) is 3.18. The number of nitriles is 1. The van der Waals surface area contributed by atoms with Crippen LogP contribution in [-0.4, -0.2) is 23.0 Å². The van der Waals surface area contributed by atoms with Crippen molar-refractivity contribution >= 4 is 0 Å². The molecule has 0 aliphatic heterocycles. The number of nitrogens with zero attached hydrogens (tertiary/aromatic N) is 3. The van der Waals surface area contributed by atoms with Crippen LogP contribution in [-0.2, 0) is 6.54 Å². The third kappa shape index (κ3) is 2.59. The number of pyridine rings is 1. The van der Waals surface area contributed by atoms with Crippen LogP contribution in [0, 0.1) is 17.2 Å². The van der Waals surface area contributed by atoms with E-state index in [0.29, 0.717) is 11.7 Å². The second kappa shape index (κ2) is 4.63. The summed E-state index contributed by atoms with van der Waals surface area (Å²) in [5.41, 5.74) is 1.67. The summed E-state index contributed by atoms with van der Waals surface area (Å²) >= 11 is 0. The highest BCUT2D eigenvalue weighted by Gasteiger charge is 2.30. The maximum absolute atomic E-state index is 8.78. The Bertz CT molecular complexity index is 404. The van der Waals surface area contributed by atoms with Gasteiger partial charge >= 0.3 is 0 Å². The van der Waals surface area contributed by atoms with E-state index < -0.39 is 0 Å². The van der Waals surface area contributed by atoms with Gasteiger partial charge in [0.05, 0.1) is 0 Å². The monoisotopic (exact) mass is 215 g/mol. The molecule has 0 bridgehead atoms. The highest BCUT2D eigenvalue weighted by atomic mass is 15.1. The van der Waals surface area contributed by atoms with Crippen molar-refractivity contribution in [2.45, 2.75) is 32.4 Å². The fourth-order valence-electron chi connectivity index (χ4n) is 2.00. The Morgan fingerprint density at radius 3 is 3.00 bits per heavy atom. The Kier molecular flexibility index (Phi) is 3.21. The Hall–Kier alpha value is -1.40. The molecule has 0 saturated heterocycles. The second-order valence-electron chi connectivity index (χ2n) is 4.65. The molecule has 1 aliphatic carbocycles. The molecule has 0 amide bonds. The highest BCUT2D eigenvalue weighted by molar-refractivity contribution is 5.25. The third-order valence-corrected chi connectivity index (χ3v) is 3.37. The quantitative estimate of drug-likeness (QED) is 0.773. The van der Waals surface area contributed by atoms with E-state index in [-0.39, 0.29) is 0 Å². The van der Waals surface area contributed by atoms with Gasteiger partial charge in [0, 0.05) is 18.8 Å².